The molecule has 0 radical (unpaired) electrons. The van der Waals surface area contributed by atoms with E-state index in [2.05, 4.69) is 27.7 Å². The number of allylic oxidation sites excluding steroid dienone is 4. The van der Waals surface area contributed by atoms with Gasteiger partial charge in [-0.25, -0.2) is 0 Å². The van der Waals surface area contributed by atoms with E-state index in [0.717, 1.165) is 0 Å². The van der Waals surface area contributed by atoms with Gasteiger partial charge in [-0.15, -0.1) is 0 Å². The molecule has 0 nitrogen and oxygen atoms in total. The summed E-state index contributed by atoms with van der Waals surface area (Å²) in [5.74, 6) is 0. The van der Waals surface area contributed by atoms with Crippen molar-refractivity contribution in [2.75, 3.05) is 0 Å². The lowest BCUT2D eigenvalue weighted by Gasteiger charge is -2.07. The molecule has 0 aromatic heterocycles. The van der Waals surface area contributed by atoms with Crippen molar-refractivity contribution in [1.29, 1.82) is 0 Å². The zero-order valence-electron chi connectivity index (χ0n) is 10.2. The van der Waals surface area contributed by atoms with Gasteiger partial charge in [-0.2, -0.15) is 0 Å². The SMILES string of the molecule is CCCCC1=C(CC)C(CC)=C(C)C1. The molecule has 0 heteroatoms. The minimum atomic E-state index is 1.23. The Morgan fingerprint density at radius 3 is 2.14 bits per heavy atom. The third kappa shape index (κ3) is 2.29. The summed E-state index contributed by atoms with van der Waals surface area (Å²) in [5.41, 5.74) is 6.73. The Morgan fingerprint density at radius 1 is 1.00 bits per heavy atom. The fourth-order valence-corrected chi connectivity index (χ4v) is 2.61. The third-order valence-electron chi connectivity index (χ3n) is 3.32. The van der Waals surface area contributed by atoms with E-state index in [1.54, 1.807) is 22.3 Å². The average Bonchev–Trinajstić information content (AvgIpc) is 2.50. The van der Waals surface area contributed by atoms with Crippen molar-refractivity contribution in [1.82, 2.24) is 0 Å². The van der Waals surface area contributed by atoms with Gasteiger partial charge in [-0.1, -0.05) is 38.3 Å². The van der Waals surface area contributed by atoms with E-state index < -0.39 is 0 Å². The topological polar surface area (TPSA) is 0 Å². The molecular weight excluding hydrogens is 168 g/mol. The molecule has 0 fully saturated rings. The summed E-state index contributed by atoms with van der Waals surface area (Å²) >= 11 is 0. The second-order valence-electron chi connectivity index (χ2n) is 4.33. The van der Waals surface area contributed by atoms with Crippen LogP contribution >= 0.6 is 0 Å². The summed E-state index contributed by atoms with van der Waals surface area (Å²) in [6, 6.07) is 0. The van der Waals surface area contributed by atoms with Crippen LogP contribution in [0.1, 0.15) is 66.2 Å². The maximum absolute atomic E-state index is 2.31. The molecule has 0 N–H and O–H groups in total. The molecule has 1 aliphatic carbocycles. The second-order valence-corrected chi connectivity index (χ2v) is 4.33. The first-order valence-corrected chi connectivity index (χ1v) is 6.14. The molecule has 1 rings (SSSR count). The first-order chi connectivity index (χ1) is 6.74. The minimum Gasteiger partial charge on any atom is -0.0658 e. The Bertz CT molecular complexity index is 253. The largest absolute Gasteiger partial charge is 0.0658 e. The van der Waals surface area contributed by atoms with Gasteiger partial charge in [0, 0.05) is 0 Å². The van der Waals surface area contributed by atoms with Crippen molar-refractivity contribution in [3.63, 3.8) is 0 Å². The Kier molecular flexibility index (Phi) is 4.44. The lowest BCUT2D eigenvalue weighted by Crippen LogP contribution is -1.88. The average molecular weight is 192 g/mol. The van der Waals surface area contributed by atoms with E-state index >= 15 is 0 Å². The Labute approximate surface area is 89.1 Å². The summed E-state index contributed by atoms with van der Waals surface area (Å²) in [5, 5.41) is 0. The lowest BCUT2D eigenvalue weighted by molar-refractivity contribution is 0.767. The van der Waals surface area contributed by atoms with E-state index in [9.17, 15) is 0 Å². The highest BCUT2D eigenvalue weighted by molar-refractivity contribution is 5.46. The van der Waals surface area contributed by atoms with Gasteiger partial charge in [0.2, 0.25) is 0 Å². The molecule has 80 valence electrons. The molecular formula is C14H24. The number of hydrogen-bond donors (Lipinski definition) is 0. The van der Waals surface area contributed by atoms with E-state index in [-0.39, 0.29) is 0 Å². The number of hydrogen-bond acceptors (Lipinski definition) is 0. The first kappa shape index (κ1) is 11.6. The smallest absolute Gasteiger partial charge is 0.00994 e. The fourth-order valence-electron chi connectivity index (χ4n) is 2.61. The van der Waals surface area contributed by atoms with Crippen molar-refractivity contribution < 1.29 is 0 Å². The van der Waals surface area contributed by atoms with Gasteiger partial charge in [0.25, 0.3) is 0 Å². The van der Waals surface area contributed by atoms with Crippen LogP contribution in [0.25, 0.3) is 0 Å². The summed E-state index contributed by atoms with van der Waals surface area (Å²) in [6.45, 7) is 9.18. The van der Waals surface area contributed by atoms with Crippen molar-refractivity contribution in [2.24, 2.45) is 0 Å². The van der Waals surface area contributed by atoms with Crippen LogP contribution in [0.15, 0.2) is 22.3 Å². The standard InChI is InChI=1S/C14H24/c1-5-8-9-12-10-11(4)13(6-2)14(12)7-3/h5-10H2,1-4H3. The zero-order chi connectivity index (χ0) is 10.6. The lowest BCUT2D eigenvalue weighted by atomic mass is 9.98. The monoisotopic (exact) mass is 192 g/mol. The molecule has 0 amide bonds. The molecule has 1 aliphatic rings. The van der Waals surface area contributed by atoms with Gasteiger partial charge in [0.15, 0.2) is 0 Å². The van der Waals surface area contributed by atoms with E-state index in [1.807, 2.05) is 0 Å². The predicted molar refractivity (Wildman–Crippen MR) is 64.5 cm³/mol. The fraction of sp³-hybridized carbons (Fsp3) is 0.714. The Balaban J connectivity index is 2.76. The molecule has 0 atom stereocenters. The molecule has 0 aliphatic heterocycles. The molecule has 14 heavy (non-hydrogen) atoms. The van der Waals surface area contributed by atoms with Crippen LogP contribution in [-0.2, 0) is 0 Å². The van der Waals surface area contributed by atoms with Gasteiger partial charge in [-0.3, -0.25) is 0 Å². The minimum absolute atomic E-state index is 1.23. The van der Waals surface area contributed by atoms with Gasteiger partial charge in [0.05, 0.1) is 0 Å². The molecule has 0 heterocycles. The van der Waals surface area contributed by atoms with Crippen LogP contribution in [0.2, 0.25) is 0 Å². The second kappa shape index (κ2) is 5.38. The van der Waals surface area contributed by atoms with E-state index in [1.165, 1.54) is 38.5 Å². The molecule has 0 unspecified atom stereocenters. The normalized spacial score (nSPS) is 17.1. The number of unbranched alkanes of at least 4 members (excludes halogenated alkanes) is 1. The summed E-state index contributed by atoms with van der Waals surface area (Å²) in [6.07, 6.45) is 7.75. The van der Waals surface area contributed by atoms with Crippen molar-refractivity contribution >= 4 is 0 Å². The van der Waals surface area contributed by atoms with E-state index in [0.29, 0.717) is 0 Å². The number of rotatable bonds is 5. The van der Waals surface area contributed by atoms with Crippen LogP contribution < -0.4 is 0 Å². The van der Waals surface area contributed by atoms with Crippen LogP contribution in [0.5, 0.6) is 0 Å². The molecule has 0 spiro atoms. The summed E-state index contributed by atoms with van der Waals surface area (Å²) in [4.78, 5) is 0. The van der Waals surface area contributed by atoms with Crippen LogP contribution in [0.3, 0.4) is 0 Å². The maximum Gasteiger partial charge on any atom is -0.00994 e. The maximum atomic E-state index is 2.31. The quantitative estimate of drug-likeness (QED) is 0.574. The van der Waals surface area contributed by atoms with Gasteiger partial charge < -0.3 is 0 Å². The van der Waals surface area contributed by atoms with Gasteiger partial charge in [0.1, 0.15) is 0 Å². The van der Waals surface area contributed by atoms with Crippen LogP contribution in [0, 0.1) is 0 Å². The molecule has 0 saturated heterocycles. The Hall–Kier alpha value is -0.520. The van der Waals surface area contributed by atoms with Crippen molar-refractivity contribution in [3.8, 4) is 0 Å². The van der Waals surface area contributed by atoms with Gasteiger partial charge in [-0.05, 0) is 50.2 Å². The predicted octanol–water partition coefficient (Wildman–Crippen LogP) is 5.01. The van der Waals surface area contributed by atoms with E-state index in [4.69, 9.17) is 0 Å². The summed E-state index contributed by atoms with van der Waals surface area (Å²) < 4.78 is 0. The van der Waals surface area contributed by atoms with Crippen molar-refractivity contribution in [3.05, 3.63) is 22.3 Å². The van der Waals surface area contributed by atoms with Crippen LogP contribution in [0.4, 0.5) is 0 Å². The Morgan fingerprint density at radius 2 is 1.64 bits per heavy atom. The highest BCUT2D eigenvalue weighted by Gasteiger charge is 2.18. The molecule has 0 bridgehead atoms. The van der Waals surface area contributed by atoms with Crippen LogP contribution in [-0.4, -0.2) is 0 Å². The molecule has 0 saturated carbocycles. The van der Waals surface area contributed by atoms with Gasteiger partial charge >= 0.3 is 0 Å². The van der Waals surface area contributed by atoms with Crippen molar-refractivity contribution in [2.45, 2.75) is 66.2 Å². The summed E-state index contributed by atoms with van der Waals surface area (Å²) in [7, 11) is 0. The zero-order valence-corrected chi connectivity index (χ0v) is 10.2. The molecule has 0 aromatic carbocycles. The third-order valence-corrected chi connectivity index (χ3v) is 3.32. The first-order valence-electron chi connectivity index (χ1n) is 6.14. The molecule has 0 aromatic rings. The highest BCUT2D eigenvalue weighted by atomic mass is 14.2. The highest BCUT2D eigenvalue weighted by Crippen LogP contribution is 2.37.